The van der Waals surface area contributed by atoms with E-state index in [9.17, 15) is 0 Å². The molecule has 0 bridgehead atoms. The molecule has 36 heavy (non-hydrogen) atoms. The molecule has 2 nitrogen and oxygen atoms in total. The highest BCUT2D eigenvalue weighted by Gasteiger charge is 2.55. The van der Waals surface area contributed by atoms with Crippen LogP contribution in [0.5, 0.6) is 0 Å². The Kier molecular flexibility index (Phi) is 6.66. The molecule has 0 aliphatic carbocycles. The number of hydrogen-bond donors (Lipinski definition) is 0. The van der Waals surface area contributed by atoms with Crippen molar-refractivity contribution in [1.82, 2.24) is 0 Å². The Bertz CT molecular complexity index is 1240. The minimum absolute atomic E-state index is 0.0278. The number of anilines is 2. The van der Waals surface area contributed by atoms with Crippen molar-refractivity contribution < 1.29 is 0 Å². The predicted octanol–water partition coefficient (Wildman–Crippen LogP) is 6.26. The number of alkyl halides is 1. The maximum Gasteiger partial charge on any atom is 0.326 e. The second-order valence-electron chi connectivity index (χ2n) is 10.3. The summed E-state index contributed by atoms with van der Waals surface area (Å²) in [4.78, 5) is 4.89. The third-order valence-corrected chi connectivity index (χ3v) is 7.95. The molecule has 1 aliphatic heterocycles. The number of hydrogen-bond acceptors (Lipinski definition) is 2. The second kappa shape index (κ2) is 9.75. The van der Waals surface area contributed by atoms with E-state index in [0.717, 1.165) is 11.4 Å². The maximum atomic E-state index is 7.69. The van der Waals surface area contributed by atoms with Gasteiger partial charge in [-0.15, -0.1) is 11.6 Å². The number of para-hydroxylation sites is 2. The Balaban J connectivity index is 1.82. The summed E-state index contributed by atoms with van der Waals surface area (Å²) in [5, 5.41) is -0.175. The Morgan fingerprint density at radius 1 is 0.528 bits per heavy atom. The fourth-order valence-electron chi connectivity index (χ4n) is 6.32. The van der Waals surface area contributed by atoms with Crippen molar-refractivity contribution in [2.75, 3.05) is 9.84 Å². The fraction of sp³-hybridized carbons (Fsp3) is 0.226. The number of halogens is 1. The molecule has 0 spiro atoms. The number of nitrogens with zero attached hydrogens (tertiary/aromatic N) is 2. The second-order valence-corrected chi connectivity index (χ2v) is 10.8. The SMILES string of the molecule is Cc1cc(C)c(B2C(Cl)B(c3c(C)cc(C)cc3C)N(c3ccccc3)N2c2ccccc2)c(C)c1. The van der Waals surface area contributed by atoms with E-state index in [1.807, 2.05) is 0 Å². The van der Waals surface area contributed by atoms with Crippen LogP contribution in [0, 0.1) is 41.5 Å². The van der Waals surface area contributed by atoms with Gasteiger partial charge in [0.05, 0.1) is 0 Å². The largest absolute Gasteiger partial charge is 0.335 e. The van der Waals surface area contributed by atoms with Gasteiger partial charge in [0.2, 0.25) is 0 Å². The first kappa shape index (κ1) is 24.6. The van der Waals surface area contributed by atoms with Crippen molar-refractivity contribution in [2.45, 2.75) is 46.7 Å². The smallest absolute Gasteiger partial charge is 0.326 e. The van der Waals surface area contributed by atoms with Crippen molar-refractivity contribution >= 4 is 47.6 Å². The standard InChI is InChI=1S/C31H33B2ClN2/c1-21-17-23(3)29(24(4)18-21)32-31(34)33(30-25(5)19-22(2)20-26(30)6)36(28-15-11-8-12-16-28)35(32)27-13-9-7-10-14-27/h7-20,31H,1-6H3. The van der Waals surface area contributed by atoms with Gasteiger partial charge in [0.1, 0.15) is 0 Å². The summed E-state index contributed by atoms with van der Waals surface area (Å²) < 4.78 is 0. The number of benzene rings is 4. The Morgan fingerprint density at radius 2 is 0.833 bits per heavy atom. The summed E-state index contributed by atoms with van der Waals surface area (Å²) in [6.07, 6.45) is 0. The van der Waals surface area contributed by atoms with Gasteiger partial charge in [-0.2, -0.15) is 0 Å². The third-order valence-electron chi connectivity index (χ3n) is 7.47. The van der Waals surface area contributed by atoms with Crippen LogP contribution in [0.1, 0.15) is 33.4 Å². The molecule has 4 aromatic carbocycles. The summed E-state index contributed by atoms with van der Waals surface area (Å²) >= 11 is 7.69. The van der Waals surface area contributed by atoms with Crippen molar-refractivity contribution in [1.29, 1.82) is 0 Å². The molecule has 1 heterocycles. The van der Waals surface area contributed by atoms with E-state index in [1.54, 1.807) is 0 Å². The molecule has 1 saturated heterocycles. The average molecular weight is 491 g/mol. The van der Waals surface area contributed by atoms with E-state index in [0.29, 0.717) is 0 Å². The quantitative estimate of drug-likeness (QED) is 0.246. The van der Waals surface area contributed by atoms with Crippen LogP contribution in [0.3, 0.4) is 0 Å². The lowest BCUT2D eigenvalue weighted by molar-refractivity contribution is 1.12. The van der Waals surface area contributed by atoms with E-state index >= 15 is 0 Å². The average Bonchev–Trinajstić information content (AvgIpc) is 3.11. The summed E-state index contributed by atoms with van der Waals surface area (Å²) in [7, 11) is 0. The van der Waals surface area contributed by atoms with Gasteiger partial charge in [-0.05, 0) is 76.7 Å². The molecule has 1 fully saturated rings. The van der Waals surface area contributed by atoms with Gasteiger partial charge in [0.25, 0.3) is 0 Å². The molecule has 0 unspecified atom stereocenters. The zero-order chi connectivity index (χ0) is 25.6. The highest BCUT2D eigenvalue weighted by atomic mass is 35.5. The lowest BCUT2D eigenvalue weighted by Crippen LogP contribution is -2.55. The number of rotatable bonds is 4. The van der Waals surface area contributed by atoms with Crippen molar-refractivity contribution in [3.8, 4) is 0 Å². The van der Waals surface area contributed by atoms with Gasteiger partial charge in [0, 0.05) is 16.6 Å². The predicted molar refractivity (Wildman–Crippen MR) is 160 cm³/mol. The molecule has 0 atom stereocenters. The van der Waals surface area contributed by atoms with E-state index in [-0.39, 0.29) is 18.9 Å². The summed E-state index contributed by atoms with van der Waals surface area (Å²) in [6, 6.07) is 30.6. The molecule has 0 radical (unpaired) electrons. The van der Waals surface area contributed by atoms with Crippen LogP contribution in [-0.2, 0) is 0 Å². The molecule has 4 aromatic rings. The van der Waals surface area contributed by atoms with Crippen LogP contribution in [0.25, 0.3) is 0 Å². The molecule has 0 aromatic heterocycles. The van der Waals surface area contributed by atoms with Gasteiger partial charge < -0.3 is 9.84 Å². The number of aryl methyl sites for hydroxylation is 6. The van der Waals surface area contributed by atoms with Crippen LogP contribution in [0.4, 0.5) is 11.4 Å². The van der Waals surface area contributed by atoms with Crippen LogP contribution in [0.2, 0.25) is 0 Å². The maximum absolute atomic E-state index is 7.69. The molecule has 180 valence electrons. The Morgan fingerprint density at radius 3 is 1.14 bits per heavy atom. The van der Waals surface area contributed by atoms with Crippen LogP contribution in [0.15, 0.2) is 84.9 Å². The topological polar surface area (TPSA) is 6.48 Å². The van der Waals surface area contributed by atoms with Crippen LogP contribution in [-0.4, -0.2) is 18.9 Å². The van der Waals surface area contributed by atoms with E-state index in [4.69, 9.17) is 11.6 Å². The minimum Gasteiger partial charge on any atom is -0.335 e. The number of hydrazine groups is 1. The van der Waals surface area contributed by atoms with Gasteiger partial charge in [-0.1, -0.05) is 94.0 Å². The first-order valence-electron chi connectivity index (χ1n) is 12.8. The summed E-state index contributed by atoms with van der Waals surface area (Å²) in [6.45, 7) is 13.2. The lowest BCUT2D eigenvalue weighted by atomic mass is 9.35. The van der Waals surface area contributed by atoms with Gasteiger partial charge >= 0.3 is 13.7 Å². The molecule has 0 amide bonds. The van der Waals surface area contributed by atoms with Crippen molar-refractivity contribution in [3.05, 3.63) is 118 Å². The summed E-state index contributed by atoms with van der Waals surface area (Å²) in [5.41, 5.74) is 12.6. The molecule has 5 rings (SSSR count). The molecular formula is C31H33B2ClN2. The van der Waals surface area contributed by atoms with E-state index in [2.05, 4.69) is 136 Å². The van der Waals surface area contributed by atoms with Crippen LogP contribution >= 0.6 is 11.6 Å². The normalized spacial score (nSPS) is 14.2. The molecular weight excluding hydrogens is 457 g/mol. The van der Waals surface area contributed by atoms with Gasteiger partial charge in [-0.25, -0.2) is 0 Å². The molecule has 1 aliphatic rings. The first-order valence-corrected chi connectivity index (χ1v) is 13.2. The van der Waals surface area contributed by atoms with E-state index < -0.39 is 0 Å². The Hall–Kier alpha value is -3.10. The molecule has 5 heteroatoms. The third kappa shape index (κ3) is 4.22. The molecule has 0 saturated carbocycles. The van der Waals surface area contributed by atoms with Gasteiger partial charge in [0.15, 0.2) is 0 Å². The first-order chi connectivity index (χ1) is 17.3. The Labute approximate surface area is 222 Å². The molecule has 0 N–H and O–H groups in total. The van der Waals surface area contributed by atoms with Crippen LogP contribution < -0.4 is 20.8 Å². The summed E-state index contributed by atoms with van der Waals surface area (Å²) in [5.74, 6) is 0. The van der Waals surface area contributed by atoms with Crippen molar-refractivity contribution in [3.63, 3.8) is 0 Å². The minimum atomic E-state index is -0.175. The highest BCUT2D eigenvalue weighted by Crippen LogP contribution is 2.35. The van der Waals surface area contributed by atoms with Crippen molar-refractivity contribution in [2.24, 2.45) is 0 Å². The lowest BCUT2D eigenvalue weighted by Gasteiger charge is -2.39. The fourth-order valence-corrected chi connectivity index (χ4v) is 6.79. The zero-order valence-corrected chi connectivity index (χ0v) is 22.8. The zero-order valence-electron chi connectivity index (χ0n) is 22.1. The highest BCUT2D eigenvalue weighted by molar-refractivity contribution is 7.07. The van der Waals surface area contributed by atoms with E-state index in [1.165, 1.54) is 44.3 Å². The monoisotopic (exact) mass is 490 g/mol. The van der Waals surface area contributed by atoms with Gasteiger partial charge in [-0.3, -0.25) is 0 Å².